The fourth-order valence-corrected chi connectivity index (χ4v) is 4.65. The molecule has 2 amide bonds. The molecule has 1 aromatic heterocycles. The summed E-state index contributed by atoms with van der Waals surface area (Å²) in [5.74, 6) is -0.777. The third-order valence-electron chi connectivity index (χ3n) is 4.37. The molecule has 0 saturated heterocycles. The molecular formula is C20H20F3N3O5S. The first-order chi connectivity index (χ1) is 14.7. The molecule has 0 unspecified atom stereocenters. The standard InChI is InChI=1S/C20H20F3N3O5S/c1-19(2,3)31-18(28)25-9-10-26-14-7-6-12(20(21,22)23)11-15(14)32(29,30)16-13(17(26)27)5-4-8-24-16/h4-8,11H,9-10H2,1-3H3,(H,25,28). The summed E-state index contributed by atoms with van der Waals surface area (Å²) in [5, 5.41) is 1.81. The lowest BCUT2D eigenvalue weighted by Gasteiger charge is -2.24. The van der Waals surface area contributed by atoms with E-state index in [2.05, 4.69) is 10.3 Å². The van der Waals surface area contributed by atoms with Gasteiger partial charge in [0.2, 0.25) is 9.84 Å². The predicted molar refractivity (Wildman–Crippen MR) is 107 cm³/mol. The van der Waals surface area contributed by atoms with Gasteiger partial charge in [-0.1, -0.05) is 0 Å². The first-order valence-electron chi connectivity index (χ1n) is 9.42. The molecule has 2 heterocycles. The van der Waals surface area contributed by atoms with Crippen LogP contribution in [-0.4, -0.2) is 44.1 Å². The van der Waals surface area contributed by atoms with E-state index >= 15 is 0 Å². The molecule has 0 spiro atoms. The number of ether oxygens (including phenoxy) is 1. The van der Waals surface area contributed by atoms with Gasteiger partial charge >= 0.3 is 12.3 Å². The molecule has 3 rings (SSSR count). The van der Waals surface area contributed by atoms with Crippen molar-refractivity contribution in [2.45, 2.75) is 42.5 Å². The summed E-state index contributed by atoms with van der Waals surface area (Å²) in [6, 6.07) is 4.68. The van der Waals surface area contributed by atoms with Crippen molar-refractivity contribution in [3.05, 3.63) is 47.7 Å². The summed E-state index contributed by atoms with van der Waals surface area (Å²) >= 11 is 0. The Labute approximate surface area is 182 Å². The molecular weight excluding hydrogens is 451 g/mol. The zero-order valence-corrected chi connectivity index (χ0v) is 18.2. The summed E-state index contributed by atoms with van der Waals surface area (Å²) in [6.45, 7) is 4.62. The molecule has 1 aromatic carbocycles. The molecule has 172 valence electrons. The molecule has 0 aliphatic carbocycles. The van der Waals surface area contributed by atoms with Crippen LogP contribution in [0, 0.1) is 0 Å². The number of rotatable bonds is 3. The minimum atomic E-state index is -4.79. The third kappa shape index (κ3) is 4.69. The average Bonchev–Trinajstić information content (AvgIpc) is 2.74. The van der Waals surface area contributed by atoms with Crippen LogP contribution in [-0.2, 0) is 20.8 Å². The van der Waals surface area contributed by atoms with Crippen LogP contribution in [0.1, 0.15) is 36.7 Å². The van der Waals surface area contributed by atoms with Crippen molar-refractivity contribution in [2.75, 3.05) is 18.0 Å². The maximum Gasteiger partial charge on any atom is 0.416 e. The number of carbonyl (C=O) groups excluding carboxylic acids is 2. The highest BCUT2D eigenvalue weighted by molar-refractivity contribution is 7.91. The van der Waals surface area contributed by atoms with Crippen LogP contribution in [0.4, 0.5) is 23.7 Å². The fourth-order valence-electron chi connectivity index (χ4n) is 3.06. The van der Waals surface area contributed by atoms with E-state index in [9.17, 15) is 31.2 Å². The van der Waals surface area contributed by atoms with Crippen LogP contribution in [0.15, 0.2) is 46.5 Å². The fraction of sp³-hybridized carbons (Fsp3) is 0.350. The van der Waals surface area contributed by atoms with Crippen molar-refractivity contribution in [2.24, 2.45) is 0 Å². The number of pyridine rings is 1. The number of benzene rings is 1. The van der Waals surface area contributed by atoms with Crippen LogP contribution in [0.25, 0.3) is 0 Å². The minimum absolute atomic E-state index is 0.142. The van der Waals surface area contributed by atoms with E-state index in [4.69, 9.17) is 4.74 Å². The Morgan fingerprint density at radius 3 is 2.50 bits per heavy atom. The van der Waals surface area contributed by atoms with Crippen LogP contribution < -0.4 is 10.2 Å². The maximum atomic E-state index is 13.3. The number of anilines is 1. The molecule has 0 fully saturated rings. The number of nitrogens with one attached hydrogen (secondary N) is 1. The third-order valence-corrected chi connectivity index (χ3v) is 6.11. The predicted octanol–water partition coefficient (Wildman–Crippen LogP) is 3.42. The molecule has 8 nitrogen and oxygen atoms in total. The second kappa shape index (κ2) is 8.08. The van der Waals surface area contributed by atoms with Crippen molar-refractivity contribution >= 4 is 27.5 Å². The zero-order valence-electron chi connectivity index (χ0n) is 17.4. The number of alkyl carbamates (subject to hydrolysis) is 1. The second-order valence-corrected chi connectivity index (χ2v) is 9.76. The van der Waals surface area contributed by atoms with Gasteiger partial charge < -0.3 is 15.0 Å². The van der Waals surface area contributed by atoms with Crippen molar-refractivity contribution in [3.63, 3.8) is 0 Å². The number of aromatic nitrogens is 1. The highest BCUT2D eigenvalue weighted by Gasteiger charge is 2.39. The van der Waals surface area contributed by atoms with Gasteiger partial charge in [-0.25, -0.2) is 18.2 Å². The summed E-state index contributed by atoms with van der Waals surface area (Å²) in [7, 11) is -4.54. The van der Waals surface area contributed by atoms with Crippen LogP contribution >= 0.6 is 0 Å². The van der Waals surface area contributed by atoms with Gasteiger partial charge in [-0.05, 0) is 51.1 Å². The van der Waals surface area contributed by atoms with E-state index in [1.165, 1.54) is 12.1 Å². The largest absolute Gasteiger partial charge is 0.444 e. The van der Waals surface area contributed by atoms with Gasteiger partial charge in [0.05, 0.1) is 21.7 Å². The van der Waals surface area contributed by atoms with Gasteiger partial charge in [0.1, 0.15) is 5.60 Å². The molecule has 0 saturated carbocycles. The Hall–Kier alpha value is -3.15. The van der Waals surface area contributed by atoms with Gasteiger partial charge in [0.15, 0.2) is 5.03 Å². The summed E-state index contributed by atoms with van der Waals surface area (Å²) < 4.78 is 71.1. The van der Waals surface area contributed by atoms with E-state index in [0.29, 0.717) is 12.1 Å². The van der Waals surface area contributed by atoms with Crippen LogP contribution in [0.2, 0.25) is 0 Å². The molecule has 0 atom stereocenters. The number of carbonyl (C=O) groups is 2. The number of fused-ring (bicyclic) bond motifs is 2. The van der Waals surface area contributed by atoms with E-state index in [1.54, 1.807) is 20.8 Å². The lowest BCUT2D eigenvalue weighted by molar-refractivity contribution is -0.137. The van der Waals surface area contributed by atoms with E-state index in [1.807, 2.05) is 0 Å². The Morgan fingerprint density at radius 2 is 1.88 bits per heavy atom. The van der Waals surface area contributed by atoms with Crippen molar-refractivity contribution in [3.8, 4) is 0 Å². The van der Waals surface area contributed by atoms with Gasteiger partial charge in [-0.3, -0.25) is 4.79 Å². The van der Waals surface area contributed by atoms with Gasteiger partial charge in [-0.2, -0.15) is 13.2 Å². The maximum absolute atomic E-state index is 13.3. The molecule has 1 N–H and O–H groups in total. The molecule has 0 bridgehead atoms. The van der Waals surface area contributed by atoms with E-state index < -0.39 is 49.1 Å². The first-order valence-corrected chi connectivity index (χ1v) is 10.9. The van der Waals surface area contributed by atoms with Crippen LogP contribution in [0.3, 0.4) is 0 Å². The van der Waals surface area contributed by atoms with Gasteiger partial charge in [-0.15, -0.1) is 0 Å². The number of hydrogen-bond acceptors (Lipinski definition) is 6. The van der Waals surface area contributed by atoms with E-state index in [0.717, 1.165) is 17.2 Å². The van der Waals surface area contributed by atoms with E-state index in [-0.39, 0.29) is 24.3 Å². The number of hydrogen-bond donors (Lipinski definition) is 1. The van der Waals surface area contributed by atoms with Crippen molar-refractivity contribution < 1.29 is 35.9 Å². The van der Waals surface area contributed by atoms with Crippen molar-refractivity contribution in [1.29, 1.82) is 0 Å². The number of nitrogens with zero attached hydrogens (tertiary/aromatic N) is 2. The highest BCUT2D eigenvalue weighted by Crippen LogP contribution is 2.39. The Morgan fingerprint density at radius 1 is 1.19 bits per heavy atom. The second-order valence-electron chi connectivity index (χ2n) is 7.93. The quantitative estimate of drug-likeness (QED) is 0.736. The Bertz CT molecular complexity index is 1170. The van der Waals surface area contributed by atoms with Gasteiger partial charge in [0.25, 0.3) is 5.91 Å². The van der Waals surface area contributed by atoms with Crippen molar-refractivity contribution in [1.82, 2.24) is 10.3 Å². The summed E-state index contributed by atoms with van der Waals surface area (Å²) in [6.07, 6.45) is -4.42. The lowest BCUT2D eigenvalue weighted by Crippen LogP contribution is -2.40. The lowest BCUT2D eigenvalue weighted by atomic mass is 10.1. The molecule has 2 aromatic rings. The first kappa shape index (κ1) is 23.5. The normalized spacial score (nSPS) is 15.4. The molecule has 1 aliphatic heterocycles. The summed E-state index contributed by atoms with van der Waals surface area (Å²) in [4.78, 5) is 29.1. The number of amides is 2. The Balaban J connectivity index is 2.05. The monoisotopic (exact) mass is 471 g/mol. The number of sulfone groups is 1. The SMILES string of the molecule is CC(C)(C)OC(=O)NCCN1C(=O)c2cccnc2S(=O)(=O)c2cc(C(F)(F)F)ccc21. The minimum Gasteiger partial charge on any atom is -0.444 e. The number of alkyl halides is 3. The zero-order chi connectivity index (χ0) is 23.9. The molecule has 0 radical (unpaired) electrons. The van der Waals surface area contributed by atoms with Gasteiger partial charge in [0, 0.05) is 19.3 Å². The average molecular weight is 471 g/mol. The Kier molecular flexibility index (Phi) is 5.94. The molecule has 32 heavy (non-hydrogen) atoms. The summed E-state index contributed by atoms with van der Waals surface area (Å²) in [5.41, 5.74) is -2.47. The van der Waals surface area contributed by atoms with Crippen LogP contribution in [0.5, 0.6) is 0 Å². The molecule has 12 heteroatoms. The smallest absolute Gasteiger partial charge is 0.416 e. The number of halogens is 3. The molecule has 1 aliphatic rings. The highest BCUT2D eigenvalue weighted by atomic mass is 32.2. The topological polar surface area (TPSA) is 106 Å².